The van der Waals surface area contributed by atoms with Crippen molar-refractivity contribution in [1.82, 2.24) is 5.32 Å². The van der Waals surface area contributed by atoms with Gasteiger partial charge in [-0.2, -0.15) is 0 Å². The van der Waals surface area contributed by atoms with Gasteiger partial charge in [0.1, 0.15) is 5.82 Å². The van der Waals surface area contributed by atoms with Crippen molar-refractivity contribution < 1.29 is 17.6 Å². The van der Waals surface area contributed by atoms with Crippen molar-refractivity contribution >= 4 is 15.9 Å². The van der Waals surface area contributed by atoms with Crippen molar-refractivity contribution in [3.8, 4) is 0 Å². The van der Waals surface area contributed by atoms with Crippen molar-refractivity contribution in [1.29, 1.82) is 0 Å². The molecule has 1 rings (SSSR count). The number of amides is 1. The summed E-state index contributed by atoms with van der Waals surface area (Å²) in [5.74, 6) is -1.41. The van der Waals surface area contributed by atoms with Crippen LogP contribution >= 0.6 is 0 Å². The molecular formula is C13H19FN2O3S. The molecule has 0 bridgehead atoms. The predicted octanol–water partition coefficient (Wildman–Crippen LogP) is 1.70. The first-order valence-electron chi connectivity index (χ1n) is 6.13. The molecule has 1 aromatic carbocycles. The van der Waals surface area contributed by atoms with E-state index >= 15 is 0 Å². The standard InChI is InChI=1S/C13H19FN2O3S/c1-5-13(3,4)16-12(17)10-7-9(20(15,18)19)6-8(2)11(10)14/h6-7H,5H2,1-4H3,(H,16,17)(H2,15,18,19). The van der Waals surface area contributed by atoms with Crippen LogP contribution in [-0.2, 0) is 10.0 Å². The summed E-state index contributed by atoms with van der Waals surface area (Å²) in [7, 11) is -3.99. The third kappa shape index (κ3) is 3.77. The first-order valence-corrected chi connectivity index (χ1v) is 7.68. The number of carbonyl (C=O) groups is 1. The number of hydrogen-bond donors (Lipinski definition) is 2. The molecule has 0 saturated heterocycles. The molecule has 3 N–H and O–H groups in total. The predicted molar refractivity (Wildman–Crippen MR) is 74.3 cm³/mol. The van der Waals surface area contributed by atoms with Crippen molar-refractivity contribution in [2.24, 2.45) is 5.14 Å². The SMILES string of the molecule is CCC(C)(C)NC(=O)c1cc(S(N)(=O)=O)cc(C)c1F. The molecular weight excluding hydrogens is 283 g/mol. The number of benzene rings is 1. The Bertz CT molecular complexity index is 639. The Labute approximate surface area is 118 Å². The second-order valence-electron chi connectivity index (χ2n) is 5.34. The van der Waals surface area contributed by atoms with E-state index in [0.717, 1.165) is 12.1 Å². The van der Waals surface area contributed by atoms with E-state index in [2.05, 4.69) is 5.32 Å². The van der Waals surface area contributed by atoms with E-state index in [1.165, 1.54) is 6.92 Å². The minimum Gasteiger partial charge on any atom is -0.347 e. The molecule has 20 heavy (non-hydrogen) atoms. The van der Waals surface area contributed by atoms with Crippen molar-refractivity contribution in [3.63, 3.8) is 0 Å². The van der Waals surface area contributed by atoms with Crippen LogP contribution in [0.15, 0.2) is 17.0 Å². The topological polar surface area (TPSA) is 89.3 Å². The summed E-state index contributed by atoms with van der Waals surface area (Å²) in [6, 6.07) is 2.06. The molecule has 0 radical (unpaired) electrons. The van der Waals surface area contributed by atoms with Crippen LogP contribution in [0, 0.1) is 12.7 Å². The number of sulfonamides is 1. The van der Waals surface area contributed by atoms with Gasteiger partial charge in [0.25, 0.3) is 5.91 Å². The van der Waals surface area contributed by atoms with Crippen LogP contribution in [-0.4, -0.2) is 19.9 Å². The van der Waals surface area contributed by atoms with Crippen molar-refractivity contribution in [2.75, 3.05) is 0 Å². The number of primary sulfonamides is 1. The first kappa shape index (κ1) is 16.6. The van der Waals surface area contributed by atoms with E-state index in [1.807, 2.05) is 6.92 Å². The summed E-state index contributed by atoms with van der Waals surface area (Å²) in [6.07, 6.45) is 0.647. The molecule has 112 valence electrons. The molecule has 0 aliphatic carbocycles. The smallest absolute Gasteiger partial charge is 0.254 e. The zero-order valence-electron chi connectivity index (χ0n) is 12.0. The van der Waals surface area contributed by atoms with E-state index in [0.29, 0.717) is 6.42 Å². The lowest BCUT2D eigenvalue weighted by atomic mass is 10.0. The molecule has 0 unspecified atom stereocenters. The lowest BCUT2D eigenvalue weighted by Crippen LogP contribution is -2.43. The van der Waals surface area contributed by atoms with Gasteiger partial charge in [-0.3, -0.25) is 4.79 Å². The summed E-state index contributed by atoms with van der Waals surface area (Å²) < 4.78 is 36.7. The molecule has 0 fully saturated rings. The van der Waals surface area contributed by atoms with Gasteiger partial charge in [0.2, 0.25) is 10.0 Å². The fourth-order valence-corrected chi connectivity index (χ4v) is 2.15. The van der Waals surface area contributed by atoms with E-state index in [-0.39, 0.29) is 16.0 Å². The Morgan fingerprint density at radius 2 is 1.95 bits per heavy atom. The minimum atomic E-state index is -3.99. The zero-order chi connectivity index (χ0) is 15.7. The fourth-order valence-electron chi connectivity index (χ4n) is 1.53. The summed E-state index contributed by atoms with van der Waals surface area (Å²) in [5.41, 5.74) is -0.791. The largest absolute Gasteiger partial charge is 0.347 e. The Balaban J connectivity index is 3.31. The van der Waals surface area contributed by atoms with Crippen molar-refractivity contribution in [2.45, 2.75) is 44.6 Å². The van der Waals surface area contributed by atoms with Crippen LogP contribution < -0.4 is 10.5 Å². The van der Waals surface area contributed by atoms with Crippen LogP contribution in [0.25, 0.3) is 0 Å². The average Bonchev–Trinajstić information content (AvgIpc) is 2.30. The van der Waals surface area contributed by atoms with Gasteiger partial charge in [-0.15, -0.1) is 0 Å². The molecule has 0 spiro atoms. The van der Waals surface area contributed by atoms with Crippen LogP contribution in [0.3, 0.4) is 0 Å². The van der Waals surface area contributed by atoms with Crippen LogP contribution in [0.4, 0.5) is 4.39 Å². The van der Waals surface area contributed by atoms with Crippen LogP contribution in [0.2, 0.25) is 0 Å². The first-order chi connectivity index (χ1) is 8.98. The lowest BCUT2D eigenvalue weighted by Gasteiger charge is -2.24. The quantitative estimate of drug-likeness (QED) is 0.887. The lowest BCUT2D eigenvalue weighted by molar-refractivity contribution is 0.0906. The molecule has 0 saturated carbocycles. The fraction of sp³-hybridized carbons (Fsp3) is 0.462. The van der Waals surface area contributed by atoms with Crippen LogP contribution in [0.5, 0.6) is 0 Å². The minimum absolute atomic E-state index is 0.0518. The Morgan fingerprint density at radius 3 is 2.40 bits per heavy atom. The monoisotopic (exact) mass is 302 g/mol. The summed E-state index contributed by atoms with van der Waals surface area (Å²) in [4.78, 5) is 11.8. The molecule has 0 atom stereocenters. The summed E-state index contributed by atoms with van der Waals surface area (Å²) in [5, 5.41) is 7.67. The second kappa shape index (κ2) is 5.49. The van der Waals surface area contributed by atoms with E-state index in [1.54, 1.807) is 13.8 Å². The third-order valence-corrected chi connectivity index (χ3v) is 4.03. The number of nitrogens with one attached hydrogen (secondary N) is 1. The molecule has 0 heterocycles. The Kier molecular flexibility index (Phi) is 4.55. The number of aryl methyl sites for hydroxylation is 1. The van der Waals surface area contributed by atoms with Crippen LogP contribution in [0.1, 0.15) is 43.1 Å². The maximum absolute atomic E-state index is 14.0. The van der Waals surface area contributed by atoms with Gasteiger partial charge in [0.05, 0.1) is 10.5 Å². The highest BCUT2D eigenvalue weighted by atomic mass is 32.2. The second-order valence-corrected chi connectivity index (χ2v) is 6.90. The number of nitrogens with two attached hydrogens (primary N) is 1. The van der Waals surface area contributed by atoms with Gasteiger partial charge in [0, 0.05) is 5.54 Å². The third-order valence-electron chi connectivity index (χ3n) is 3.14. The van der Waals surface area contributed by atoms with Crippen molar-refractivity contribution in [3.05, 3.63) is 29.1 Å². The highest BCUT2D eigenvalue weighted by Gasteiger charge is 2.23. The summed E-state index contributed by atoms with van der Waals surface area (Å²) >= 11 is 0. The van der Waals surface area contributed by atoms with E-state index in [4.69, 9.17) is 5.14 Å². The average molecular weight is 302 g/mol. The number of rotatable bonds is 4. The van der Waals surface area contributed by atoms with Gasteiger partial charge in [-0.05, 0) is 44.9 Å². The van der Waals surface area contributed by atoms with Gasteiger partial charge in [-0.25, -0.2) is 17.9 Å². The number of halogens is 1. The van der Waals surface area contributed by atoms with E-state index in [9.17, 15) is 17.6 Å². The molecule has 0 aliphatic rings. The Hall–Kier alpha value is -1.47. The molecule has 0 aliphatic heterocycles. The number of hydrogen-bond acceptors (Lipinski definition) is 3. The molecule has 1 amide bonds. The maximum atomic E-state index is 14.0. The highest BCUT2D eigenvalue weighted by Crippen LogP contribution is 2.19. The molecule has 1 aromatic rings. The van der Waals surface area contributed by atoms with Gasteiger partial charge < -0.3 is 5.32 Å². The molecule has 7 heteroatoms. The van der Waals surface area contributed by atoms with Gasteiger partial charge in [-0.1, -0.05) is 6.92 Å². The summed E-state index contributed by atoms with van der Waals surface area (Å²) in [6.45, 7) is 6.84. The number of carbonyl (C=O) groups excluding carboxylic acids is 1. The normalized spacial score (nSPS) is 12.3. The van der Waals surface area contributed by atoms with Gasteiger partial charge >= 0.3 is 0 Å². The molecule has 0 aromatic heterocycles. The van der Waals surface area contributed by atoms with Gasteiger partial charge in [0.15, 0.2) is 0 Å². The Morgan fingerprint density at radius 1 is 1.40 bits per heavy atom. The highest BCUT2D eigenvalue weighted by molar-refractivity contribution is 7.89. The maximum Gasteiger partial charge on any atom is 0.254 e. The zero-order valence-corrected chi connectivity index (χ0v) is 12.8. The molecule has 5 nitrogen and oxygen atoms in total. The van der Waals surface area contributed by atoms with E-state index < -0.39 is 27.3 Å².